The third-order valence-corrected chi connectivity index (χ3v) is 9.50. The monoisotopic (exact) mass is 743 g/mol. The summed E-state index contributed by atoms with van der Waals surface area (Å²) < 4.78 is 77.9. The lowest BCUT2D eigenvalue weighted by Gasteiger charge is -2.10. The molecule has 0 atom stereocenters. The second-order valence-corrected chi connectivity index (χ2v) is 13.4. The van der Waals surface area contributed by atoms with Gasteiger partial charge < -0.3 is 0 Å². The van der Waals surface area contributed by atoms with Crippen LogP contribution in [-0.2, 0) is 12.4 Å². The van der Waals surface area contributed by atoms with Gasteiger partial charge in [-0.15, -0.1) is 0 Å². The number of hydrogen-bond acceptors (Lipinski definition) is 7. The Hall–Kier alpha value is -5.60. The molecule has 0 fully saturated rings. The van der Waals surface area contributed by atoms with Gasteiger partial charge in [0.2, 0.25) is 0 Å². The second kappa shape index (κ2) is 14.6. The zero-order valence-corrected chi connectivity index (χ0v) is 28.2. The molecule has 2 heterocycles. The van der Waals surface area contributed by atoms with Crippen LogP contribution in [0, 0.1) is 16.2 Å². The predicted molar refractivity (Wildman–Crippen MR) is 195 cm³/mol. The third kappa shape index (κ3) is 8.30. The maximum absolute atomic E-state index is 13.0. The maximum atomic E-state index is 13.0. The molecule has 4 aromatic carbocycles. The highest BCUT2D eigenvalue weighted by Gasteiger charge is 2.31. The highest BCUT2D eigenvalue weighted by Crippen LogP contribution is 2.32. The molecule has 0 saturated heterocycles. The molecule has 2 aromatic heterocycles. The van der Waals surface area contributed by atoms with E-state index in [1.54, 1.807) is 60.7 Å². The van der Waals surface area contributed by atoms with Crippen molar-refractivity contribution in [3.05, 3.63) is 155 Å². The van der Waals surface area contributed by atoms with Gasteiger partial charge in [-0.3, -0.25) is 16.2 Å². The predicted octanol–water partition coefficient (Wildman–Crippen LogP) is 9.35. The Morgan fingerprint density at radius 3 is 1.42 bits per heavy atom. The first-order chi connectivity index (χ1) is 24.7. The van der Waals surface area contributed by atoms with Crippen LogP contribution in [-0.4, -0.2) is 30.1 Å². The van der Waals surface area contributed by atoms with Crippen LogP contribution in [0.15, 0.2) is 121 Å². The van der Waals surface area contributed by atoms with Crippen LogP contribution in [0.25, 0.3) is 33.3 Å². The van der Waals surface area contributed by atoms with E-state index in [0.29, 0.717) is 39.3 Å². The highest BCUT2D eigenvalue weighted by atomic mass is 32.2. The minimum atomic E-state index is -4.46. The van der Waals surface area contributed by atoms with Gasteiger partial charge in [0.05, 0.1) is 28.2 Å². The largest absolute Gasteiger partial charge is 0.416 e. The fraction of sp³-hybridized carbons (Fsp3) is 0.0526. The Balaban J connectivity index is 1.13. The molecule has 52 heavy (non-hydrogen) atoms. The van der Waals surface area contributed by atoms with Crippen molar-refractivity contribution in [2.75, 3.05) is 0 Å². The van der Waals surface area contributed by atoms with Crippen molar-refractivity contribution >= 4 is 54.5 Å². The molecule has 0 radical (unpaired) electrons. The second-order valence-electron chi connectivity index (χ2n) is 11.3. The summed E-state index contributed by atoms with van der Waals surface area (Å²) in [5, 5.41) is 34.3. The molecule has 0 spiro atoms. The van der Waals surface area contributed by atoms with E-state index in [1.165, 1.54) is 24.3 Å². The van der Waals surface area contributed by atoms with Gasteiger partial charge in [0.1, 0.15) is 20.8 Å². The van der Waals surface area contributed by atoms with Crippen molar-refractivity contribution in [3.8, 4) is 22.5 Å². The normalized spacial score (nSPS) is 11.7. The third-order valence-electron chi connectivity index (χ3n) is 7.78. The van der Waals surface area contributed by atoms with Gasteiger partial charge in [-0.05, 0) is 83.2 Å². The van der Waals surface area contributed by atoms with Crippen LogP contribution in [0.5, 0.6) is 0 Å². The number of alkyl halides is 6. The van der Waals surface area contributed by atoms with Crippen molar-refractivity contribution in [2.45, 2.75) is 12.4 Å². The van der Waals surface area contributed by atoms with Gasteiger partial charge in [-0.2, -0.15) is 26.3 Å². The molecular formula is C38H25F6N6S2+. The average Bonchev–Trinajstić information content (AvgIpc) is 3.13. The number of nitrogens with two attached hydrogens (primary N) is 1. The molecule has 0 amide bonds. The van der Waals surface area contributed by atoms with Crippen molar-refractivity contribution in [1.29, 1.82) is 16.2 Å². The van der Waals surface area contributed by atoms with E-state index in [0.717, 1.165) is 58.6 Å². The molecule has 0 aliphatic carbocycles. The molecule has 6 rings (SSSR count). The molecule has 5 N–H and O–H groups in total. The summed E-state index contributed by atoms with van der Waals surface area (Å²) in [6, 6.07) is 29.8. The van der Waals surface area contributed by atoms with E-state index in [1.807, 2.05) is 12.1 Å². The lowest BCUT2D eigenvalue weighted by atomic mass is 10.0. The summed E-state index contributed by atoms with van der Waals surface area (Å²) in [5.41, 5.74) is 1.91. The number of hydrogen-bond donors (Lipinski definition) is 4. The van der Waals surface area contributed by atoms with Crippen LogP contribution in [0.1, 0.15) is 33.6 Å². The Bertz CT molecular complexity index is 2190. The first-order valence-electron chi connectivity index (χ1n) is 15.2. The standard InChI is InChI=1S/C38H24F6N6S2/c39-37(40,41)27-15-11-22(12-16-27)29-3-1-5-31(49-29)35(47)51-33(45)24-9-7-21-8-10-25(20-26(21)19-24)34(46)52-36(48)32-6-2-4-30(50-32)23-13-17-28(18-14-23)38(42,43)44/h1-20,45-48H/p+1. The average molecular weight is 744 g/mol. The molecular weight excluding hydrogens is 719 g/mol. The number of rotatable bonds is 6. The zero-order valence-electron chi connectivity index (χ0n) is 26.6. The van der Waals surface area contributed by atoms with Crippen LogP contribution in [0.3, 0.4) is 0 Å². The van der Waals surface area contributed by atoms with Crippen LogP contribution >= 0.6 is 23.5 Å². The summed E-state index contributed by atoms with van der Waals surface area (Å²) in [7, 11) is 0. The first-order valence-corrected chi connectivity index (χ1v) is 16.9. The van der Waals surface area contributed by atoms with Crippen molar-refractivity contribution in [2.24, 2.45) is 0 Å². The van der Waals surface area contributed by atoms with Crippen molar-refractivity contribution < 1.29 is 31.8 Å². The summed E-state index contributed by atoms with van der Waals surface area (Å²) >= 11 is 1.85. The van der Waals surface area contributed by atoms with E-state index >= 15 is 0 Å². The molecule has 0 aliphatic rings. The smallest absolute Gasteiger partial charge is 0.293 e. The SMILES string of the molecule is N=C(SC(=N)c1cccc(-c2ccc(C(F)(F)F)cc2)n1)c1ccc2ccc(C(=N)SC(=[NH2+])c3cccc(-c4ccc(C(F)(F)F)cc4)n3)cc2c1. The Morgan fingerprint density at radius 2 is 0.942 bits per heavy atom. The molecule has 0 aliphatic heterocycles. The van der Waals surface area contributed by atoms with Gasteiger partial charge in [0.15, 0.2) is 0 Å². The number of pyridine rings is 2. The zero-order chi connectivity index (χ0) is 37.2. The molecule has 0 bridgehead atoms. The van der Waals surface area contributed by atoms with Gasteiger partial charge in [0.25, 0.3) is 5.04 Å². The highest BCUT2D eigenvalue weighted by molar-refractivity contribution is 8.27. The number of nitrogens with zero attached hydrogens (tertiary/aromatic N) is 2. The van der Waals surface area contributed by atoms with Gasteiger partial charge in [-0.1, -0.05) is 60.7 Å². The Kier molecular flexibility index (Phi) is 10.1. The van der Waals surface area contributed by atoms with Crippen LogP contribution in [0.4, 0.5) is 26.3 Å². The van der Waals surface area contributed by atoms with Gasteiger partial charge in [0, 0.05) is 34.0 Å². The summed E-state index contributed by atoms with van der Waals surface area (Å²) in [4.78, 5) is 8.93. The quantitative estimate of drug-likeness (QED) is 0.0772. The minimum Gasteiger partial charge on any atom is -0.293 e. The fourth-order valence-corrected chi connectivity index (χ4v) is 6.43. The Labute approximate surface area is 301 Å². The van der Waals surface area contributed by atoms with Crippen molar-refractivity contribution in [1.82, 2.24) is 9.97 Å². The van der Waals surface area contributed by atoms with E-state index in [4.69, 9.17) is 21.6 Å². The Morgan fingerprint density at radius 1 is 0.500 bits per heavy atom. The topological polar surface area (TPSA) is 123 Å². The minimum absolute atomic E-state index is 0.0206. The van der Waals surface area contributed by atoms with Crippen molar-refractivity contribution in [3.63, 3.8) is 0 Å². The number of aromatic nitrogens is 2. The van der Waals surface area contributed by atoms with E-state index in [9.17, 15) is 26.3 Å². The summed E-state index contributed by atoms with van der Waals surface area (Å²) in [6.45, 7) is 0. The number of thioether (sulfide) groups is 2. The number of fused-ring (bicyclic) bond motifs is 1. The summed E-state index contributed by atoms with van der Waals surface area (Å²) in [5.74, 6) is 0. The summed E-state index contributed by atoms with van der Waals surface area (Å²) in [6.07, 6.45) is -8.91. The first kappa shape index (κ1) is 36.2. The van der Waals surface area contributed by atoms with Crippen LogP contribution < -0.4 is 5.41 Å². The maximum Gasteiger partial charge on any atom is 0.416 e. The number of nitrogens with one attached hydrogen (secondary N) is 3. The van der Waals surface area contributed by atoms with Gasteiger partial charge in [-0.25, -0.2) is 15.4 Å². The van der Waals surface area contributed by atoms with Crippen LogP contribution in [0.2, 0.25) is 0 Å². The molecule has 6 aromatic rings. The van der Waals surface area contributed by atoms with E-state index in [-0.39, 0.29) is 25.9 Å². The molecule has 6 nitrogen and oxygen atoms in total. The molecule has 260 valence electrons. The number of benzene rings is 4. The fourth-order valence-electron chi connectivity index (χ4n) is 5.08. The van der Waals surface area contributed by atoms with Gasteiger partial charge >= 0.3 is 12.4 Å². The lowest BCUT2D eigenvalue weighted by Crippen LogP contribution is -2.39. The molecule has 14 heteroatoms. The lowest BCUT2D eigenvalue weighted by molar-refractivity contribution is -0.138. The molecule has 0 saturated carbocycles. The van der Waals surface area contributed by atoms with E-state index < -0.39 is 23.5 Å². The number of halogens is 6. The molecule has 0 unspecified atom stereocenters. The van der Waals surface area contributed by atoms with E-state index in [2.05, 4.69) is 9.97 Å².